The number of nitrogens with one attached hydrogen (secondary N) is 2. The molecular formula is C11H10BrN3O4S. The summed E-state index contributed by atoms with van der Waals surface area (Å²) in [6.07, 6.45) is 1.16. The van der Waals surface area contributed by atoms with Crippen LogP contribution in [0.2, 0.25) is 0 Å². The smallest absolute Gasteiger partial charge is 0.337 e. The molecule has 0 saturated carbocycles. The monoisotopic (exact) mass is 359 g/mol. The van der Waals surface area contributed by atoms with Crippen molar-refractivity contribution >= 4 is 37.6 Å². The van der Waals surface area contributed by atoms with Gasteiger partial charge in [-0.2, -0.15) is 8.42 Å². The summed E-state index contributed by atoms with van der Waals surface area (Å²) in [6, 6.07) is 4.36. The van der Waals surface area contributed by atoms with Gasteiger partial charge in [-0.05, 0) is 35.0 Å². The molecule has 0 amide bonds. The number of hydrogen-bond donors (Lipinski definition) is 3. The van der Waals surface area contributed by atoms with Crippen molar-refractivity contribution in [1.29, 1.82) is 0 Å². The van der Waals surface area contributed by atoms with Crippen LogP contribution in [0.25, 0.3) is 0 Å². The van der Waals surface area contributed by atoms with Gasteiger partial charge in [0, 0.05) is 4.47 Å². The van der Waals surface area contributed by atoms with Gasteiger partial charge in [0.1, 0.15) is 5.82 Å². The van der Waals surface area contributed by atoms with E-state index in [2.05, 4.69) is 30.6 Å². The zero-order valence-corrected chi connectivity index (χ0v) is 12.6. The fraction of sp³-hybridized carbons (Fsp3) is 0.0909. The van der Waals surface area contributed by atoms with Crippen LogP contribution in [0.4, 0.5) is 5.69 Å². The Labute approximate surface area is 123 Å². The Morgan fingerprint density at radius 2 is 2.15 bits per heavy atom. The Balaban J connectivity index is 2.47. The third kappa shape index (κ3) is 2.83. The number of H-pyrrole nitrogens is 1. The Hall–Kier alpha value is -1.87. The van der Waals surface area contributed by atoms with Gasteiger partial charge < -0.3 is 10.1 Å². The average molecular weight is 360 g/mol. The Morgan fingerprint density at radius 3 is 2.70 bits per heavy atom. The summed E-state index contributed by atoms with van der Waals surface area (Å²) in [5.41, 5.74) is -0.188. The Bertz CT molecular complexity index is 770. The molecule has 9 heteroatoms. The first kappa shape index (κ1) is 14.5. The minimum Gasteiger partial charge on any atom is -0.478 e. The first-order valence-electron chi connectivity index (χ1n) is 5.37. The van der Waals surface area contributed by atoms with Gasteiger partial charge in [-0.25, -0.2) is 9.78 Å². The van der Waals surface area contributed by atoms with E-state index in [-0.39, 0.29) is 16.3 Å². The second-order valence-electron chi connectivity index (χ2n) is 3.91. The van der Waals surface area contributed by atoms with Crippen molar-refractivity contribution in [2.75, 3.05) is 4.72 Å². The molecule has 20 heavy (non-hydrogen) atoms. The van der Waals surface area contributed by atoms with Gasteiger partial charge in [0.2, 0.25) is 0 Å². The maximum atomic E-state index is 12.1. The second-order valence-corrected chi connectivity index (χ2v) is 6.41. The molecule has 0 atom stereocenters. The van der Waals surface area contributed by atoms with Gasteiger partial charge in [-0.15, -0.1) is 0 Å². The van der Waals surface area contributed by atoms with Crippen LogP contribution in [0, 0.1) is 6.92 Å². The topological polar surface area (TPSA) is 112 Å². The molecule has 1 aromatic carbocycles. The van der Waals surface area contributed by atoms with Crippen LogP contribution in [0.1, 0.15) is 16.2 Å². The molecule has 0 fully saturated rings. The van der Waals surface area contributed by atoms with Gasteiger partial charge in [-0.1, -0.05) is 6.07 Å². The first-order valence-corrected chi connectivity index (χ1v) is 7.65. The number of aromatic amines is 1. The van der Waals surface area contributed by atoms with E-state index in [0.717, 1.165) is 6.20 Å². The molecule has 3 N–H and O–H groups in total. The number of hydrogen-bond acceptors (Lipinski definition) is 4. The lowest BCUT2D eigenvalue weighted by atomic mass is 10.2. The maximum absolute atomic E-state index is 12.1. The van der Waals surface area contributed by atoms with Gasteiger partial charge in [-0.3, -0.25) is 4.72 Å². The molecular weight excluding hydrogens is 350 g/mol. The Kier molecular flexibility index (Phi) is 3.82. The van der Waals surface area contributed by atoms with Crippen LogP contribution in [0.15, 0.2) is 33.9 Å². The molecule has 1 heterocycles. The van der Waals surface area contributed by atoms with Gasteiger partial charge >= 0.3 is 5.97 Å². The number of nitrogens with zero attached hydrogens (tertiary/aromatic N) is 1. The van der Waals surface area contributed by atoms with Crippen LogP contribution in [-0.4, -0.2) is 29.5 Å². The predicted molar refractivity (Wildman–Crippen MR) is 75.2 cm³/mol. The van der Waals surface area contributed by atoms with Crippen molar-refractivity contribution in [3.05, 3.63) is 40.3 Å². The van der Waals surface area contributed by atoms with Crippen molar-refractivity contribution in [3.63, 3.8) is 0 Å². The number of rotatable bonds is 4. The van der Waals surface area contributed by atoms with Crippen molar-refractivity contribution in [2.45, 2.75) is 11.9 Å². The van der Waals surface area contributed by atoms with E-state index in [1.807, 2.05) is 0 Å². The summed E-state index contributed by atoms with van der Waals surface area (Å²) in [7, 11) is -3.93. The standard InChI is InChI=1S/C11H10BrN3O4S/c1-6-13-5-9(14-6)20(18,19)15-10-7(11(16)17)3-2-4-8(10)12/h2-5,15H,1H3,(H,13,14)(H,16,17). The highest BCUT2D eigenvalue weighted by atomic mass is 79.9. The lowest BCUT2D eigenvalue weighted by Crippen LogP contribution is -2.16. The number of benzene rings is 1. The van der Waals surface area contributed by atoms with Crippen LogP contribution >= 0.6 is 15.9 Å². The maximum Gasteiger partial charge on any atom is 0.337 e. The number of aryl methyl sites for hydroxylation is 1. The lowest BCUT2D eigenvalue weighted by Gasteiger charge is -2.11. The molecule has 106 valence electrons. The summed E-state index contributed by atoms with van der Waals surface area (Å²) in [6.45, 7) is 1.61. The van der Waals surface area contributed by atoms with E-state index in [9.17, 15) is 13.2 Å². The zero-order valence-electron chi connectivity index (χ0n) is 10.2. The summed E-state index contributed by atoms with van der Waals surface area (Å²) < 4.78 is 26.9. The molecule has 0 bridgehead atoms. The molecule has 7 nitrogen and oxygen atoms in total. The molecule has 1 aromatic heterocycles. The average Bonchev–Trinajstić information content (AvgIpc) is 2.79. The Morgan fingerprint density at radius 1 is 1.45 bits per heavy atom. The van der Waals surface area contributed by atoms with E-state index in [1.54, 1.807) is 13.0 Å². The molecule has 2 aromatic rings. The number of carbonyl (C=O) groups is 1. The number of aromatic carboxylic acids is 1. The van der Waals surface area contributed by atoms with Crippen molar-refractivity contribution in [2.24, 2.45) is 0 Å². The van der Waals surface area contributed by atoms with E-state index in [4.69, 9.17) is 5.11 Å². The summed E-state index contributed by atoms with van der Waals surface area (Å²) in [5.74, 6) is -0.791. The highest BCUT2D eigenvalue weighted by Gasteiger charge is 2.21. The quantitative estimate of drug-likeness (QED) is 0.772. The first-order chi connectivity index (χ1) is 9.31. The number of halogens is 1. The molecule has 0 radical (unpaired) electrons. The summed E-state index contributed by atoms with van der Waals surface area (Å²) in [4.78, 5) is 17.5. The minimum absolute atomic E-state index is 0.0350. The highest BCUT2D eigenvalue weighted by molar-refractivity contribution is 9.10. The lowest BCUT2D eigenvalue weighted by molar-refractivity contribution is 0.0698. The molecule has 0 saturated heterocycles. The SMILES string of the molecule is Cc1ncc(S(=O)(=O)Nc2c(Br)cccc2C(=O)O)[nH]1. The number of para-hydroxylation sites is 1. The fourth-order valence-corrected chi connectivity index (χ4v) is 3.20. The largest absolute Gasteiger partial charge is 0.478 e. The van der Waals surface area contributed by atoms with Crippen LogP contribution in [0.3, 0.4) is 0 Å². The van der Waals surface area contributed by atoms with Crippen LogP contribution in [-0.2, 0) is 10.0 Å². The van der Waals surface area contributed by atoms with E-state index in [1.165, 1.54) is 12.1 Å². The van der Waals surface area contributed by atoms with E-state index in [0.29, 0.717) is 10.3 Å². The van der Waals surface area contributed by atoms with Crippen molar-refractivity contribution < 1.29 is 18.3 Å². The highest BCUT2D eigenvalue weighted by Crippen LogP contribution is 2.28. The second kappa shape index (κ2) is 5.25. The number of imidazole rings is 1. The molecule has 0 unspecified atom stereocenters. The third-order valence-corrected chi connectivity index (χ3v) is 4.37. The zero-order chi connectivity index (χ0) is 14.9. The number of carboxylic acids is 1. The number of carboxylic acid groups (broad SMARTS) is 1. The minimum atomic E-state index is -3.93. The van der Waals surface area contributed by atoms with E-state index < -0.39 is 16.0 Å². The van der Waals surface area contributed by atoms with Crippen LogP contribution < -0.4 is 4.72 Å². The molecule has 0 aliphatic rings. The third-order valence-electron chi connectivity index (χ3n) is 2.45. The van der Waals surface area contributed by atoms with Crippen LogP contribution in [0.5, 0.6) is 0 Å². The fourth-order valence-electron chi connectivity index (χ4n) is 1.53. The van der Waals surface area contributed by atoms with E-state index >= 15 is 0 Å². The predicted octanol–water partition coefficient (Wildman–Crippen LogP) is 1.98. The molecule has 2 rings (SSSR count). The van der Waals surface area contributed by atoms with Crippen molar-refractivity contribution in [1.82, 2.24) is 9.97 Å². The van der Waals surface area contributed by atoms with Gasteiger partial charge in [0.25, 0.3) is 10.0 Å². The summed E-state index contributed by atoms with van der Waals surface area (Å²) in [5, 5.41) is 8.95. The summed E-state index contributed by atoms with van der Waals surface area (Å²) >= 11 is 3.13. The van der Waals surface area contributed by atoms with Crippen molar-refractivity contribution in [3.8, 4) is 0 Å². The number of anilines is 1. The van der Waals surface area contributed by atoms with Gasteiger partial charge in [0.05, 0.1) is 17.4 Å². The number of aromatic nitrogens is 2. The normalized spacial score (nSPS) is 11.3. The molecule has 0 aliphatic heterocycles. The van der Waals surface area contributed by atoms with Gasteiger partial charge in [0.15, 0.2) is 5.03 Å². The number of sulfonamides is 1. The molecule has 0 aliphatic carbocycles. The molecule has 0 spiro atoms.